The number of carbonyl (C=O) groups is 1. The molecule has 3 heterocycles. The second-order valence-corrected chi connectivity index (χ2v) is 7.63. The van der Waals surface area contributed by atoms with E-state index in [1.807, 2.05) is 11.9 Å². The number of piperidine rings is 1. The lowest BCUT2D eigenvalue weighted by molar-refractivity contribution is -0.140. The summed E-state index contributed by atoms with van der Waals surface area (Å²) in [6, 6.07) is 0. The van der Waals surface area contributed by atoms with Crippen molar-refractivity contribution in [2.45, 2.75) is 32.7 Å². The minimum atomic E-state index is 0.133. The van der Waals surface area contributed by atoms with Crippen molar-refractivity contribution < 1.29 is 9.53 Å². The van der Waals surface area contributed by atoms with Gasteiger partial charge in [-0.25, -0.2) is 4.98 Å². The molecule has 7 nitrogen and oxygen atoms in total. The third-order valence-corrected chi connectivity index (χ3v) is 6.05. The van der Waals surface area contributed by atoms with Gasteiger partial charge in [-0.3, -0.25) is 9.79 Å². The summed E-state index contributed by atoms with van der Waals surface area (Å²) >= 11 is 1.71. The number of morpholine rings is 1. The van der Waals surface area contributed by atoms with Gasteiger partial charge in [0, 0.05) is 44.5 Å². The molecule has 1 N–H and O–H groups in total. The van der Waals surface area contributed by atoms with Crippen molar-refractivity contribution in [3.05, 3.63) is 16.1 Å². The average Bonchev–Trinajstić information content (AvgIpc) is 3.17. The molecule has 3 rings (SSSR count). The third-order valence-electron chi connectivity index (χ3n) is 5.01. The number of hydrogen-bond donors (Lipinski definition) is 1. The summed E-state index contributed by atoms with van der Waals surface area (Å²) in [5.41, 5.74) is 1.06. The van der Waals surface area contributed by atoms with Crippen LogP contribution in [0, 0.1) is 5.92 Å². The number of guanidine groups is 1. The fraction of sp³-hybridized carbons (Fsp3) is 0.722. The Bertz CT molecular complexity index is 619. The summed E-state index contributed by atoms with van der Waals surface area (Å²) in [5.74, 6) is 1.33. The fourth-order valence-corrected chi connectivity index (χ4v) is 4.22. The van der Waals surface area contributed by atoms with Gasteiger partial charge in [-0.1, -0.05) is 6.92 Å². The SMILES string of the molecule is CCc1nc(CNC(=NC)N2CCC(C(=O)N3CCOCC3)CC2)cs1. The lowest BCUT2D eigenvalue weighted by Gasteiger charge is -2.36. The quantitative estimate of drug-likeness (QED) is 0.632. The normalized spacial score (nSPS) is 19.7. The van der Waals surface area contributed by atoms with Gasteiger partial charge >= 0.3 is 0 Å². The van der Waals surface area contributed by atoms with Crippen molar-refractivity contribution in [2.24, 2.45) is 10.9 Å². The molecule has 0 unspecified atom stereocenters. The molecule has 2 saturated heterocycles. The lowest BCUT2D eigenvalue weighted by Crippen LogP contribution is -2.49. The van der Waals surface area contributed by atoms with Crippen LogP contribution in [0.1, 0.15) is 30.5 Å². The van der Waals surface area contributed by atoms with Crippen LogP contribution in [0.4, 0.5) is 0 Å². The van der Waals surface area contributed by atoms with Gasteiger partial charge in [-0.15, -0.1) is 11.3 Å². The Morgan fingerprint density at radius 2 is 2.04 bits per heavy atom. The summed E-state index contributed by atoms with van der Waals surface area (Å²) in [6.45, 7) is 7.32. The molecule has 1 aromatic heterocycles. The zero-order valence-electron chi connectivity index (χ0n) is 15.7. The van der Waals surface area contributed by atoms with Gasteiger partial charge < -0.3 is 19.9 Å². The number of aryl methyl sites for hydroxylation is 1. The van der Waals surface area contributed by atoms with Crippen molar-refractivity contribution in [1.29, 1.82) is 0 Å². The van der Waals surface area contributed by atoms with E-state index in [0.717, 1.165) is 57.1 Å². The number of nitrogens with zero attached hydrogens (tertiary/aromatic N) is 4. The first kappa shape index (κ1) is 19.1. The van der Waals surface area contributed by atoms with Crippen molar-refractivity contribution in [1.82, 2.24) is 20.1 Å². The summed E-state index contributed by atoms with van der Waals surface area (Å²) in [6.07, 6.45) is 2.74. The summed E-state index contributed by atoms with van der Waals surface area (Å²) in [5, 5.41) is 6.68. The molecule has 2 aliphatic heterocycles. The largest absolute Gasteiger partial charge is 0.378 e. The molecular formula is C18H29N5O2S. The van der Waals surface area contributed by atoms with Crippen molar-refractivity contribution in [3.63, 3.8) is 0 Å². The molecular weight excluding hydrogens is 350 g/mol. The van der Waals surface area contributed by atoms with Gasteiger partial charge in [0.15, 0.2) is 5.96 Å². The maximum absolute atomic E-state index is 12.6. The highest BCUT2D eigenvalue weighted by atomic mass is 32.1. The average molecular weight is 380 g/mol. The maximum Gasteiger partial charge on any atom is 0.225 e. The first-order valence-electron chi connectivity index (χ1n) is 9.46. The highest BCUT2D eigenvalue weighted by molar-refractivity contribution is 7.09. The van der Waals surface area contributed by atoms with Crippen molar-refractivity contribution >= 4 is 23.2 Å². The van der Waals surface area contributed by atoms with Crippen molar-refractivity contribution in [3.8, 4) is 0 Å². The van der Waals surface area contributed by atoms with E-state index in [4.69, 9.17) is 4.74 Å². The number of likely N-dealkylation sites (tertiary alicyclic amines) is 1. The molecule has 2 aliphatic rings. The zero-order chi connectivity index (χ0) is 18.4. The number of ether oxygens (including phenoxy) is 1. The van der Waals surface area contributed by atoms with Gasteiger partial charge in [0.1, 0.15) is 0 Å². The van der Waals surface area contributed by atoms with Crippen molar-refractivity contribution in [2.75, 3.05) is 46.4 Å². The van der Waals surface area contributed by atoms with Crippen LogP contribution in [-0.2, 0) is 22.5 Å². The van der Waals surface area contributed by atoms with Crippen LogP contribution in [0.3, 0.4) is 0 Å². The molecule has 0 bridgehead atoms. The molecule has 0 spiro atoms. The third kappa shape index (κ3) is 4.73. The number of aromatic nitrogens is 1. The molecule has 26 heavy (non-hydrogen) atoms. The number of nitrogens with one attached hydrogen (secondary N) is 1. The molecule has 1 aromatic rings. The van der Waals surface area contributed by atoms with Crippen LogP contribution in [0.5, 0.6) is 0 Å². The van der Waals surface area contributed by atoms with Crippen LogP contribution in [0.25, 0.3) is 0 Å². The Morgan fingerprint density at radius 3 is 2.65 bits per heavy atom. The van der Waals surface area contributed by atoms with E-state index in [1.54, 1.807) is 11.3 Å². The van der Waals surface area contributed by atoms with Crippen LogP contribution >= 0.6 is 11.3 Å². The van der Waals surface area contributed by atoms with E-state index in [0.29, 0.717) is 25.7 Å². The summed E-state index contributed by atoms with van der Waals surface area (Å²) in [7, 11) is 1.81. The first-order chi connectivity index (χ1) is 12.7. The lowest BCUT2D eigenvalue weighted by atomic mass is 9.95. The first-order valence-corrected chi connectivity index (χ1v) is 10.3. The molecule has 144 valence electrons. The standard InChI is InChI=1S/C18H29N5O2S/c1-3-16-21-15(13-26-16)12-20-18(19-2)23-6-4-14(5-7-23)17(24)22-8-10-25-11-9-22/h13-14H,3-12H2,1-2H3,(H,19,20). The maximum atomic E-state index is 12.6. The van der Waals surface area contributed by atoms with Crippen LogP contribution in [0.15, 0.2) is 10.4 Å². The molecule has 2 fully saturated rings. The number of thiazole rings is 1. The highest BCUT2D eigenvalue weighted by Gasteiger charge is 2.30. The minimum Gasteiger partial charge on any atom is -0.378 e. The van der Waals surface area contributed by atoms with E-state index in [9.17, 15) is 4.79 Å². The predicted molar refractivity (Wildman–Crippen MR) is 103 cm³/mol. The Hall–Kier alpha value is -1.67. The van der Waals surface area contributed by atoms with Crippen LogP contribution < -0.4 is 5.32 Å². The predicted octanol–water partition coefficient (Wildman–Crippen LogP) is 1.35. The molecule has 0 radical (unpaired) electrons. The van der Waals surface area contributed by atoms with Gasteiger partial charge in [0.05, 0.1) is 30.5 Å². The number of hydrogen-bond acceptors (Lipinski definition) is 5. The second kappa shape index (κ2) is 9.32. The van der Waals surface area contributed by atoms with Gasteiger partial charge in [0.25, 0.3) is 0 Å². The molecule has 0 atom stereocenters. The van der Waals surface area contributed by atoms with E-state index >= 15 is 0 Å². The number of rotatable bonds is 4. The van der Waals surface area contributed by atoms with Gasteiger partial charge in [0.2, 0.25) is 5.91 Å². The topological polar surface area (TPSA) is 70.1 Å². The van der Waals surface area contributed by atoms with E-state index in [-0.39, 0.29) is 5.92 Å². The Balaban J connectivity index is 1.47. The van der Waals surface area contributed by atoms with Gasteiger partial charge in [-0.2, -0.15) is 0 Å². The number of aliphatic imine (C=N–C) groups is 1. The molecule has 1 amide bonds. The smallest absolute Gasteiger partial charge is 0.225 e. The Kier molecular flexibility index (Phi) is 6.85. The summed E-state index contributed by atoms with van der Waals surface area (Å²) in [4.78, 5) is 25.8. The molecule has 0 aromatic carbocycles. The Labute approximate surface area is 159 Å². The fourth-order valence-electron chi connectivity index (χ4n) is 3.47. The van der Waals surface area contributed by atoms with Crippen LogP contribution in [-0.4, -0.2) is 73.1 Å². The molecule has 0 aliphatic carbocycles. The monoisotopic (exact) mass is 379 g/mol. The molecule has 8 heteroatoms. The highest BCUT2D eigenvalue weighted by Crippen LogP contribution is 2.20. The summed E-state index contributed by atoms with van der Waals surface area (Å²) < 4.78 is 5.34. The van der Waals surface area contributed by atoms with E-state index in [2.05, 4.69) is 32.5 Å². The number of carbonyl (C=O) groups excluding carboxylic acids is 1. The minimum absolute atomic E-state index is 0.133. The van der Waals surface area contributed by atoms with E-state index in [1.165, 1.54) is 5.01 Å². The van der Waals surface area contributed by atoms with Crippen LogP contribution in [0.2, 0.25) is 0 Å². The zero-order valence-corrected chi connectivity index (χ0v) is 16.6. The van der Waals surface area contributed by atoms with E-state index < -0.39 is 0 Å². The second-order valence-electron chi connectivity index (χ2n) is 6.69. The molecule has 0 saturated carbocycles. The van der Waals surface area contributed by atoms with Gasteiger partial charge in [-0.05, 0) is 19.3 Å². The number of amides is 1. The Morgan fingerprint density at radius 1 is 1.31 bits per heavy atom.